The number of aromatic nitrogens is 2. The van der Waals surface area contributed by atoms with Crippen LogP contribution in [0.25, 0.3) is 17.1 Å². The van der Waals surface area contributed by atoms with Crippen LogP contribution >= 0.6 is 0 Å². The average Bonchev–Trinajstić information content (AvgIpc) is 3.06. The fourth-order valence-electron chi connectivity index (χ4n) is 2.85. The number of imidazole rings is 1. The summed E-state index contributed by atoms with van der Waals surface area (Å²) in [4.78, 5) is 28.7. The smallest absolute Gasteiger partial charge is 0.325 e. The summed E-state index contributed by atoms with van der Waals surface area (Å²) < 4.78 is 6.56. The molecule has 3 aromatic rings. The maximum Gasteiger partial charge on any atom is 0.325 e. The molecule has 0 bridgehead atoms. The van der Waals surface area contributed by atoms with Crippen molar-refractivity contribution in [2.24, 2.45) is 0 Å². The van der Waals surface area contributed by atoms with Crippen LogP contribution in [0.4, 0.5) is 0 Å². The van der Waals surface area contributed by atoms with E-state index in [4.69, 9.17) is 4.74 Å². The van der Waals surface area contributed by atoms with Gasteiger partial charge >= 0.3 is 5.97 Å². The van der Waals surface area contributed by atoms with Gasteiger partial charge in [0.25, 0.3) is 0 Å². The largest absolute Gasteiger partial charge is 0.468 e. The highest BCUT2D eigenvalue weighted by Crippen LogP contribution is 2.21. The summed E-state index contributed by atoms with van der Waals surface area (Å²) in [7, 11) is 1.35. The van der Waals surface area contributed by atoms with Crippen LogP contribution in [-0.4, -0.2) is 28.5 Å². The number of rotatable bonds is 6. The molecule has 0 radical (unpaired) electrons. The van der Waals surface area contributed by atoms with Crippen LogP contribution in [0.1, 0.15) is 24.4 Å². The minimum atomic E-state index is -0.380. The predicted octanol–water partition coefficient (Wildman–Crippen LogP) is 3.10. The molecule has 3 rings (SSSR count). The Morgan fingerprint density at radius 3 is 2.59 bits per heavy atom. The Kier molecular flexibility index (Phi) is 5.66. The molecule has 1 amide bonds. The molecule has 1 heterocycles. The number of hydrogen-bond acceptors (Lipinski definition) is 4. The molecule has 1 atom stereocenters. The predicted molar refractivity (Wildman–Crippen MR) is 104 cm³/mol. The number of para-hydroxylation sites is 2. The van der Waals surface area contributed by atoms with Crippen LogP contribution < -0.4 is 5.32 Å². The first-order chi connectivity index (χ1) is 13.1. The molecule has 0 aliphatic rings. The normalized spacial score (nSPS) is 12.2. The number of carbonyl (C=O) groups excluding carboxylic acids is 2. The second kappa shape index (κ2) is 8.31. The lowest BCUT2D eigenvalue weighted by atomic mass is 10.2. The maximum atomic E-state index is 12.3. The van der Waals surface area contributed by atoms with E-state index in [1.54, 1.807) is 10.6 Å². The number of ether oxygens (including phenoxy) is 1. The highest BCUT2D eigenvalue weighted by molar-refractivity contribution is 5.92. The molecular formula is C21H21N3O3. The minimum absolute atomic E-state index is 0.0341. The molecule has 1 N–H and O–H groups in total. The SMILES string of the molecule is COC(=O)Cn1c(C(C)NC(=O)/C=C\c2ccccc2)nc2ccccc21. The van der Waals surface area contributed by atoms with E-state index in [2.05, 4.69) is 10.3 Å². The van der Waals surface area contributed by atoms with Crippen molar-refractivity contribution in [3.63, 3.8) is 0 Å². The van der Waals surface area contributed by atoms with E-state index in [1.165, 1.54) is 13.2 Å². The van der Waals surface area contributed by atoms with Gasteiger partial charge in [-0.15, -0.1) is 0 Å². The third-order valence-electron chi connectivity index (χ3n) is 4.17. The topological polar surface area (TPSA) is 73.2 Å². The monoisotopic (exact) mass is 363 g/mol. The average molecular weight is 363 g/mol. The highest BCUT2D eigenvalue weighted by Gasteiger charge is 2.19. The molecule has 0 saturated carbocycles. The summed E-state index contributed by atoms with van der Waals surface area (Å²) in [6.45, 7) is 1.87. The first-order valence-electron chi connectivity index (χ1n) is 8.64. The lowest BCUT2D eigenvalue weighted by molar-refractivity contribution is -0.141. The number of nitrogens with one attached hydrogen (secondary N) is 1. The Hall–Kier alpha value is -3.41. The Labute approximate surface area is 157 Å². The molecule has 0 aliphatic heterocycles. The van der Waals surface area contributed by atoms with Gasteiger partial charge in [0, 0.05) is 6.08 Å². The second-order valence-electron chi connectivity index (χ2n) is 6.10. The van der Waals surface area contributed by atoms with Crippen LogP contribution in [0.2, 0.25) is 0 Å². The zero-order chi connectivity index (χ0) is 19.2. The number of nitrogens with zero attached hydrogens (tertiary/aromatic N) is 2. The molecule has 6 nitrogen and oxygen atoms in total. The number of esters is 1. The second-order valence-corrected chi connectivity index (χ2v) is 6.10. The van der Waals surface area contributed by atoms with Crippen molar-refractivity contribution in [1.29, 1.82) is 0 Å². The molecule has 0 spiro atoms. The first kappa shape index (κ1) is 18.4. The number of amides is 1. The minimum Gasteiger partial charge on any atom is -0.468 e. The van der Waals surface area contributed by atoms with Crippen molar-refractivity contribution in [3.8, 4) is 0 Å². The quantitative estimate of drug-likeness (QED) is 0.539. The van der Waals surface area contributed by atoms with Crippen LogP contribution in [0, 0.1) is 0 Å². The van der Waals surface area contributed by atoms with Gasteiger partial charge in [0.05, 0.1) is 24.2 Å². The van der Waals surface area contributed by atoms with Gasteiger partial charge in [-0.1, -0.05) is 42.5 Å². The summed E-state index contributed by atoms with van der Waals surface area (Å²) in [6, 6.07) is 16.7. The van der Waals surface area contributed by atoms with Crippen molar-refractivity contribution in [1.82, 2.24) is 14.9 Å². The molecule has 1 aromatic heterocycles. The zero-order valence-corrected chi connectivity index (χ0v) is 15.3. The fourth-order valence-corrected chi connectivity index (χ4v) is 2.85. The van der Waals surface area contributed by atoms with E-state index in [1.807, 2.05) is 61.5 Å². The molecule has 0 aliphatic carbocycles. The number of hydrogen-bond donors (Lipinski definition) is 1. The van der Waals surface area contributed by atoms with Gasteiger partial charge < -0.3 is 14.6 Å². The van der Waals surface area contributed by atoms with Gasteiger partial charge in [-0.25, -0.2) is 4.98 Å². The Bertz CT molecular complexity index is 977. The Morgan fingerprint density at radius 1 is 1.15 bits per heavy atom. The first-order valence-corrected chi connectivity index (χ1v) is 8.64. The molecule has 1 unspecified atom stereocenters. The van der Waals surface area contributed by atoms with Gasteiger partial charge in [-0.2, -0.15) is 0 Å². The molecule has 0 fully saturated rings. The maximum absolute atomic E-state index is 12.3. The fraction of sp³-hybridized carbons (Fsp3) is 0.190. The standard InChI is InChI=1S/C21H21N3O3/c1-15(22-19(25)13-12-16-8-4-3-5-9-16)21-23-17-10-6-7-11-18(17)24(21)14-20(26)27-2/h3-13,15H,14H2,1-2H3,(H,22,25)/b13-12-. The van der Waals surface area contributed by atoms with Gasteiger partial charge in [-0.05, 0) is 30.7 Å². The highest BCUT2D eigenvalue weighted by atomic mass is 16.5. The molecule has 27 heavy (non-hydrogen) atoms. The molecule has 6 heteroatoms. The van der Waals surface area contributed by atoms with Crippen molar-refractivity contribution < 1.29 is 14.3 Å². The third-order valence-corrected chi connectivity index (χ3v) is 4.17. The summed E-state index contributed by atoms with van der Waals surface area (Å²) in [5, 5.41) is 2.90. The lowest BCUT2D eigenvalue weighted by Gasteiger charge is -2.14. The summed E-state index contributed by atoms with van der Waals surface area (Å²) in [6.07, 6.45) is 3.23. The number of methoxy groups -OCH3 is 1. The summed E-state index contributed by atoms with van der Waals surface area (Å²) in [5.41, 5.74) is 2.52. The summed E-state index contributed by atoms with van der Waals surface area (Å²) in [5.74, 6) is -0.00649. The van der Waals surface area contributed by atoms with E-state index >= 15 is 0 Å². The van der Waals surface area contributed by atoms with Gasteiger partial charge in [0.1, 0.15) is 12.4 Å². The van der Waals surface area contributed by atoms with E-state index in [0.29, 0.717) is 5.82 Å². The number of benzene rings is 2. The van der Waals surface area contributed by atoms with Crippen molar-refractivity contribution in [2.45, 2.75) is 19.5 Å². The molecule has 0 saturated heterocycles. The molecule has 138 valence electrons. The van der Waals surface area contributed by atoms with Crippen LogP contribution in [-0.2, 0) is 20.9 Å². The van der Waals surface area contributed by atoms with Gasteiger partial charge in [0.2, 0.25) is 5.91 Å². The Balaban J connectivity index is 1.81. The van der Waals surface area contributed by atoms with Gasteiger partial charge in [-0.3, -0.25) is 9.59 Å². The van der Waals surface area contributed by atoms with Crippen LogP contribution in [0.5, 0.6) is 0 Å². The van der Waals surface area contributed by atoms with Crippen molar-refractivity contribution in [2.75, 3.05) is 7.11 Å². The third kappa shape index (κ3) is 4.41. The van der Waals surface area contributed by atoms with Crippen molar-refractivity contribution in [3.05, 3.63) is 72.1 Å². The summed E-state index contributed by atoms with van der Waals surface area (Å²) >= 11 is 0. The van der Waals surface area contributed by atoms with Crippen LogP contribution in [0.3, 0.4) is 0 Å². The van der Waals surface area contributed by atoms with Crippen LogP contribution in [0.15, 0.2) is 60.7 Å². The number of fused-ring (bicyclic) bond motifs is 1. The Morgan fingerprint density at radius 2 is 1.85 bits per heavy atom. The molecule has 2 aromatic carbocycles. The zero-order valence-electron chi connectivity index (χ0n) is 15.3. The van der Waals surface area contributed by atoms with Gasteiger partial charge in [0.15, 0.2) is 0 Å². The van der Waals surface area contributed by atoms with E-state index < -0.39 is 0 Å². The lowest BCUT2D eigenvalue weighted by Crippen LogP contribution is -2.28. The van der Waals surface area contributed by atoms with E-state index in [9.17, 15) is 9.59 Å². The molecular weight excluding hydrogens is 342 g/mol. The van der Waals surface area contributed by atoms with Crippen molar-refractivity contribution >= 4 is 29.0 Å². The van der Waals surface area contributed by atoms with E-state index in [-0.39, 0.29) is 24.5 Å². The van der Waals surface area contributed by atoms with E-state index in [0.717, 1.165) is 16.6 Å². The number of carbonyl (C=O) groups is 2.